The summed E-state index contributed by atoms with van der Waals surface area (Å²) in [6.07, 6.45) is -17.5. The van der Waals surface area contributed by atoms with Gasteiger partial charge in [-0.2, -0.15) is 39.5 Å². The van der Waals surface area contributed by atoms with Gasteiger partial charge in [-0.1, -0.05) is 11.6 Å². The Morgan fingerprint density at radius 1 is 1.15 bits per heavy atom. The Morgan fingerprint density at radius 3 is 2.20 bits per heavy atom. The molecular formula is C20H14ClF10N5O4. The molecular weight excluding hydrogens is 600 g/mol. The van der Waals surface area contributed by atoms with E-state index in [0.29, 0.717) is 12.3 Å². The van der Waals surface area contributed by atoms with E-state index in [4.69, 9.17) is 27.2 Å². The fraction of sp³-hybridized carbons (Fsp3) is 0.350. The van der Waals surface area contributed by atoms with Crippen LogP contribution in [0, 0.1) is 5.82 Å². The van der Waals surface area contributed by atoms with Gasteiger partial charge in [0.2, 0.25) is 0 Å². The number of amidine groups is 1. The lowest BCUT2D eigenvalue weighted by Crippen LogP contribution is -2.46. The van der Waals surface area contributed by atoms with Crippen LogP contribution in [0.5, 0.6) is 0 Å². The van der Waals surface area contributed by atoms with Crippen LogP contribution in [0.2, 0.25) is 5.02 Å². The molecule has 0 unspecified atom stereocenters. The summed E-state index contributed by atoms with van der Waals surface area (Å²) in [4.78, 5) is 32.3. The van der Waals surface area contributed by atoms with Gasteiger partial charge in [0.1, 0.15) is 28.6 Å². The summed E-state index contributed by atoms with van der Waals surface area (Å²) in [7, 11) is 0. The maximum Gasteiger partial charge on any atom is 0.490 e. The number of hydrogen-bond donors (Lipinski definition) is 3. The van der Waals surface area contributed by atoms with Crippen LogP contribution in [0.1, 0.15) is 35.1 Å². The second-order valence-electron chi connectivity index (χ2n) is 7.91. The molecule has 4 N–H and O–H groups in total. The summed E-state index contributed by atoms with van der Waals surface area (Å²) in [5.41, 5.74) is 1.09. The molecule has 2 aromatic heterocycles. The Morgan fingerprint density at radius 2 is 1.73 bits per heavy atom. The molecule has 0 bridgehead atoms. The number of amides is 1. The van der Waals surface area contributed by atoms with Crippen LogP contribution in [0.15, 0.2) is 29.4 Å². The van der Waals surface area contributed by atoms with Gasteiger partial charge in [-0.25, -0.2) is 24.1 Å². The Balaban J connectivity index is 0.000000708. The molecule has 0 saturated heterocycles. The molecule has 0 fully saturated rings. The fourth-order valence-corrected chi connectivity index (χ4v) is 3.27. The molecule has 40 heavy (non-hydrogen) atoms. The number of halogens is 11. The number of nitrogens with two attached hydrogens (primary N) is 1. The molecule has 1 amide bonds. The summed E-state index contributed by atoms with van der Waals surface area (Å²) in [6, 6.07) is 1.45. The van der Waals surface area contributed by atoms with Gasteiger partial charge >= 0.3 is 24.5 Å². The average Bonchev–Trinajstić information content (AvgIpc) is 2.78. The second kappa shape index (κ2) is 11.3. The van der Waals surface area contributed by atoms with Crippen LogP contribution in [-0.2, 0) is 21.2 Å². The highest BCUT2D eigenvalue weighted by atomic mass is 35.5. The zero-order valence-electron chi connectivity index (χ0n) is 19.3. The minimum Gasteiger partial charge on any atom is -0.475 e. The number of carbonyl (C=O) groups excluding carboxylic acids is 1. The Labute approximate surface area is 221 Å². The number of rotatable bonds is 3. The standard InChI is InChI=1S/C18H13ClF7N5O2.C2HF3O2/c1-16(5-10(18(24,25)26)33-15(27)31-16)13-9(20)2-3-11(29-13)30-14(32)12-8(19)4-7(6-28-12)17(21,22)23;3-2(4,5)1(6)7/h2-4,6,10H,5H2,1H3,(H2,27,31)(H,29,30,32);(H,6,7)/t10-,16-;/m0./s1. The third-order valence-corrected chi connectivity index (χ3v) is 5.08. The van der Waals surface area contributed by atoms with Crippen molar-refractivity contribution in [2.45, 2.75) is 43.5 Å². The minimum atomic E-state index is -5.08. The van der Waals surface area contributed by atoms with Crippen LogP contribution in [0.25, 0.3) is 0 Å². The molecule has 2 atom stereocenters. The summed E-state index contributed by atoms with van der Waals surface area (Å²) in [6.45, 7) is 1.15. The molecule has 1 aliphatic rings. The first-order valence-corrected chi connectivity index (χ1v) is 10.5. The van der Waals surface area contributed by atoms with E-state index in [1.165, 1.54) is 0 Å². The second-order valence-corrected chi connectivity index (χ2v) is 8.32. The monoisotopic (exact) mass is 613 g/mol. The van der Waals surface area contributed by atoms with Crippen LogP contribution in [0.3, 0.4) is 0 Å². The van der Waals surface area contributed by atoms with Crippen molar-refractivity contribution in [1.82, 2.24) is 9.97 Å². The molecule has 0 aromatic carbocycles. The van der Waals surface area contributed by atoms with Gasteiger partial charge in [-0.05, 0) is 25.1 Å². The number of alkyl halides is 9. The van der Waals surface area contributed by atoms with Gasteiger partial charge in [0.15, 0.2) is 6.10 Å². The number of anilines is 1. The molecule has 20 heteroatoms. The number of carboxylic acid groups (broad SMARTS) is 1. The summed E-state index contributed by atoms with van der Waals surface area (Å²) in [5.74, 6) is -5.24. The first-order valence-electron chi connectivity index (χ1n) is 10.1. The number of carboxylic acids is 1. The Hall–Kier alpha value is -3.90. The van der Waals surface area contributed by atoms with Gasteiger partial charge in [-0.3, -0.25) is 4.79 Å². The molecule has 0 aliphatic carbocycles. The number of ether oxygens (including phenoxy) is 1. The van der Waals surface area contributed by atoms with Crippen molar-refractivity contribution < 1.29 is 63.3 Å². The molecule has 2 aromatic rings. The zero-order chi connectivity index (χ0) is 30.8. The lowest BCUT2D eigenvalue weighted by molar-refractivity contribution is -0.208. The maximum atomic E-state index is 14.5. The highest BCUT2D eigenvalue weighted by molar-refractivity contribution is 6.34. The number of pyridine rings is 2. The first kappa shape index (κ1) is 32.3. The molecule has 3 heterocycles. The topological polar surface area (TPSA) is 140 Å². The number of aliphatic imine (C=N–C) groups is 1. The Bertz CT molecular complexity index is 1320. The SMILES string of the molecule is C[C@@]1(c2nc(NC(=O)c3ncc(C(F)(F)F)cc3Cl)ccc2F)C[C@@H](C(F)(F)F)OC(N)=N1.O=C(O)C(F)(F)F. The summed E-state index contributed by atoms with van der Waals surface area (Å²) >= 11 is 5.72. The van der Waals surface area contributed by atoms with Gasteiger partial charge in [0, 0.05) is 12.6 Å². The van der Waals surface area contributed by atoms with Gasteiger partial charge in [-0.15, -0.1) is 0 Å². The number of nitrogens with one attached hydrogen (secondary N) is 1. The van der Waals surface area contributed by atoms with Crippen LogP contribution < -0.4 is 11.1 Å². The van der Waals surface area contributed by atoms with E-state index in [9.17, 15) is 48.7 Å². The smallest absolute Gasteiger partial charge is 0.475 e. The first-order chi connectivity index (χ1) is 18.0. The van der Waals surface area contributed by atoms with E-state index in [1.807, 2.05) is 0 Å². The van der Waals surface area contributed by atoms with Crippen molar-refractivity contribution in [3.63, 3.8) is 0 Å². The van der Waals surface area contributed by atoms with Crippen molar-refractivity contribution >= 4 is 35.3 Å². The van der Waals surface area contributed by atoms with Crippen molar-refractivity contribution in [3.8, 4) is 0 Å². The average molecular weight is 614 g/mol. The van der Waals surface area contributed by atoms with Crippen LogP contribution in [0.4, 0.5) is 49.7 Å². The van der Waals surface area contributed by atoms with Gasteiger partial charge in [0.25, 0.3) is 11.9 Å². The lowest BCUT2D eigenvalue weighted by atomic mass is 9.89. The minimum absolute atomic E-state index is 0.348. The van der Waals surface area contributed by atoms with Crippen LogP contribution >= 0.6 is 11.6 Å². The normalized spacial score (nSPS) is 19.5. The van der Waals surface area contributed by atoms with E-state index < -0.39 is 82.3 Å². The summed E-state index contributed by atoms with van der Waals surface area (Å²) < 4.78 is 128. The van der Waals surface area contributed by atoms with Crippen molar-refractivity contribution in [2.75, 3.05) is 5.32 Å². The van der Waals surface area contributed by atoms with E-state index >= 15 is 0 Å². The maximum absolute atomic E-state index is 14.5. The largest absolute Gasteiger partial charge is 0.490 e. The van der Waals surface area contributed by atoms with E-state index in [-0.39, 0.29) is 5.82 Å². The highest BCUT2D eigenvalue weighted by Gasteiger charge is 2.50. The molecule has 0 spiro atoms. The number of nitrogens with zero attached hydrogens (tertiary/aromatic N) is 3. The molecule has 1 aliphatic heterocycles. The number of carbonyl (C=O) groups is 2. The van der Waals surface area contributed by atoms with Crippen molar-refractivity contribution in [3.05, 3.63) is 52.2 Å². The van der Waals surface area contributed by atoms with E-state index in [1.54, 1.807) is 0 Å². The number of hydrogen-bond acceptors (Lipinski definition) is 7. The predicted molar refractivity (Wildman–Crippen MR) is 115 cm³/mol. The van der Waals surface area contributed by atoms with Crippen molar-refractivity contribution in [2.24, 2.45) is 10.7 Å². The molecule has 220 valence electrons. The molecule has 9 nitrogen and oxygen atoms in total. The molecule has 0 saturated carbocycles. The van der Waals surface area contributed by atoms with Gasteiger partial charge < -0.3 is 20.9 Å². The van der Waals surface area contributed by atoms with Gasteiger partial charge in [0.05, 0.1) is 10.6 Å². The fourth-order valence-electron chi connectivity index (χ4n) is 3.02. The van der Waals surface area contributed by atoms with Crippen LogP contribution in [-0.4, -0.2) is 51.4 Å². The summed E-state index contributed by atoms with van der Waals surface area (Å²) in [5, 5.41) is 8.66. The van der Waals surface area contributed by atoms with Crippen molar-refractivity contribution in [1.29, 1.82) is 0 Å². The third kappa shape index (κ3) is 8.06. The predicted octanol–water partition coefficient (Wildman–Crippen LogP) is 5.05. The van der Waals surface area contributed by atoms with E-state index in [2.05, 4.69) is 25.0 Å². The lowest BCUT2D eigenvalue weighted by Gasteiger charge is -2.35. The quantitative estimate of drug-likeness (QED) is 0.412. The Kier molecular flexibility index (Phi) is 9.13. The molecule has 0 radical (unpaired) electrons. The zero-order valence-corrected chi connectivity index (χ0v) is 20.1. The number of aliphatic carboxylic acids is 1. The third-order valence-electron chi connectivity index (χ3n) is 4.79. The number of aromatic nitrogens is 2. The van der Waals surface area contributed by atoms with E-state index in [0.717, 1.165) is 19.1 Å². The molecule has 3 rings (SSSR count). The highest BCUT2D eigenvalue weighted by Crippen LogP contribution is 2.40.